The molecule has 0 radical (unpaired) electrons. The zero-order valence-corrected chi connectivity index (χ0v) is 14.2. The van der Waals surface area contributed by atoms with E-state index in [-0.39, 0.29) is 6.61 Å². The monoisotopic (exact) mass is 328 g/mol. The van der Waals surface area contributed by atoms with Gasteiger partial charge in [0.1, 0.15) is 11.6 Å². The van der Waals surface area contributed by atoms with Crippen molar-refractivity contribution in [2.24, 2.45) is 0 Å². The lowest BCUT2D eigenvalue weighted by Crippen LogP contribution is -2.20. The molecule has 1 aliphatic rings. The predicted octanol–water partition coefficient (Wildman–Crippen LogP) is 2.54. The van der Waals surface area contributed by atoms with Crippen molar-refractivity contribution in [1.82, 2.24) is 9.97 Å². The fourth-order valence-electron chi connectivity index (χ4n) is 3.03. The highest BCUT2D eigenvalue weighted by atomic mass is 16.5. The number of benzene rings is 1. The third-order valence-electron chi connectivity index (χ3n) is 4.33. The fourth-order valence-corrected chi connectivity index (χ4v) is 3.03. The molecule has 6 heteroatoms. The quantitative estimate of drug-likeness (QED) is 0.849. The van der Waals surface area contributed by atoms with Crippen LogP contribution in [0.1, 0.15) is 24.1 Å². The molecular weight excluding hydrogens is 304 g/mol. The predicted molar refractivity (Wildman–Crippen MR) is 95.3 cm³/mol. The molecular formula is C18H24N4O2. The van der Waals surface area contributed by atoms with Gasteiger partial charge in [-0.3, -0.25) is 0 Å². The first-order chi connectivity index (χ1) is 11.7. The fraction of sp³-hybridized carbons (Fsp3) is 0.444. The molecule has 6 nitrogen and oxygen atoms in total. The van der Waals surface area contributed by atoms with Crippen LogP contribution in [0.5, 0.6) is 5.75 Å². The van der Waals surface area contributed by atoms with Gasteiger partial charge in [-0.2, -0.15) is 4.98 Å². The van der Waals surface area contributed by atoms with Crippen LogP contribution in [0.3, 0.4) is 0 Å². The Morgan fingerprint density at radius 2 is 1.92 bits per heavy atom. The van der Waals surface area contributed by atoms with Crippen LogP contribution in [-0.2, 0) is 12.8 Å². The Morgan fingerprint density at radius 1 is 1.17 bits per heavy atom. The molecule has 0 saturated carbocycles. The van der Waals surface area contributed by atoms with E-state index in [2.05, 4.69) is 15.2 Å². The second-order valence-corrected chi connectivity index (χ2v) is 5.91. The van der Waals surface area contributed by atoms with E-state index in [1.165, 1.54) is 12.0 Å². The molecule has 0 spiro atoms. The summed E-state index contributed by atoms with van der Waals surface area (Å²) in [6.07, 6.45) is 4.32. The Balaban J connectivity index is 1.97. The summed E-state index contributed by atoms with van der Waals surface area (Å²) in [5.74, 6) is 2.35. The highest BCUT2D eigenvalue weighted by molar-refractivity contribution is 5.65. The Kier molecular flexibility index (Phi) is 5.15. The van der Waals surface area contributed by atoms with Crippen LogP contribution in [0.4, 0.5) is 17.5 Å². The molecule has 1 heterocycles. The molecule has 128 valence electrons. The lowest BCUT2D eigenvalue weighted by molar-refractivity contribution is 0.310. The van der Waals surface area contributed by atoms with E-state index in [0.717, 1.165) is 42.2 Å². The average Bonchev–Trinajstić information content (AvgIpc) is 2.65. The third-order valence-corrected chi connectivity index (χ3v) is 4.33. The number of nitrogens with zero attached hydrogens (tertiary/aromatic N) is 3. The normalized spacial score (nSPS) is 13.3. The van der Waals surface area contributed by atoms with Crippen molar-refractivity contribution < 1.29 is 9.84 Å². The zero-order chi connectivity index (χ0) is 16.9. The van der Waals surface area contributed by atoms with E-state index < -0.39 is 0 Å². The van der Waals surface area contributed by atoms with Crippen LogP contribution in [0.25, 0.3) is 0 Å². The molecule has 24 heavy (non-hydrogen) atoms. The van der Waals surface area contributed by atoms with E-state index in [9.17, 15) is 0 Å². The number of aliphatic hydroxyl groups excluding tert-OH is 1. The number of nitrogens with one attached hydrogen (secondary N) is 1. The lowest BCUT2D eigenvalue weighted by Gasteiger charge is -2.26. The minimum absolute atomic E-state index is 0.0596. The number of ether oxygens (including phenoxy) is 1. The second kappa shape index (κ2) is 7.49. The molecule has 0 aliphatic heterocycles. The van der Waals surface area contributed by atoms with Crippen LogP contribution in [0.15, 0.2) is 24.3 Å². The number of anilines is 3. The standard InChI is InChI=1S/C18H24N4O2/c1-22(13-7-9-14(24-2)10-8-13)17-15-5-3-4-6-16(15)20-18(21-17)19-11-12-23/h7-10,23H,3-6,11-12H2,1-2H3,(H,19,20,21). The van der Waals surface area contributed by atoms with Gasteiger partial charge in [0, 0.05) is 24.8 Å². The van der Waals surface area contributed by atoms with E-state index >= 15 is 0 Å². The molecule has 1 aromatic carbocycles. The highest BCUT2D eigenvalue weighted by Gasteiger charge is 2.21. The number of hydrogen-bond donors (Lipinski definition) is 2. The van der Waals surface area contributed by atoms with E-state index in [4.69, 9.17) is 14.8 Å². The van der Waals surface area contributed by atoms with Crippen molar-refractivity contribution in [3.05, 3.63) is 35.5 Å². The summed E-state index contributed by atoms with van der Waals surface area (Å²) in [4.78, 5) is 11.4. The number of rotatable bonds is 6. The maximum atomic E-state index is 9.03. The van der Waals surface area contributed by atoms with Gasteiger partial charge in [0.2, 0.25) is 5.95 Å². The molecule has 1 aromatic heterocycles. The SMILES string of the molecule is COc1ccc(N(C)c2nc(NCCO)nc3c2CCCC3)cc1. The molecule has 0 atom stereocenters. The summed E-state index contributed by atoms with van der Waals surface area (Å²) in [6, 6.07) is 7.95. The molecule has 0 saturated heterocycles. The summed E-state index contributed by atoms with van der Waals surface area (Å²) < 4.78 is 5.23. The molecule has 0 bridgehead atoms. The van der Waals surface area contributed by atoms with E-state index in [1.807, 2.05) is 31.3 Å². The van der Waals surface area contributed by atoms with Gasteiger partial charge in [0.15, 0.2) is 0 Å². The Bertz CT molecular complexity index is 688. The van der Waals surface area contributed by atoms with Gasteiger partial charge in [-0.05, 0) is 49.9 Å². The molecule has 0 amide bonds. The highest BCUT2D eigenvalue weighted by Crippen LogP contribution is 2.32. The number of aryl methyl sites for hydroxylation is 1. The Morgan fingerprint density at radius 3 is 2.62 bits per heavy atom. The summed E-state index contributed by atoms with van der Waals surface area (Å²) in [5.41, 5.74) is 3.40. The van der Waals surface area contributed by atoms with Crippen LogP contribution >= 0.6 is 0 Å². The molecule has 0 fully saturated rings. The minimum atomic E-state index is 0.0596. The molecule has 0 unspecified atom stereocenters. The van der Waals surface area contributed by atoms with Crippen LogP contribution in [-0.4, -0.2) is 42.4 Å². The number of aromatic nitrogens is 2. The number of hydrogen-bond acceptors (Lipinski definition) is 6. The molecule has 2 aromatic rings. The summed E-state index contributed by atoms with van der Waals surface area (Å²) >= 11 is 0. The topological polar surface area (TPSA) is 70.5 Å². The van der Waals surface area contributed by atoms with Gasteiger partial charge < -0.3 is 20.1 Å². The minimum Gasteiger partial charge on any atom is -0.497 e. The molecule has 2 N–H and O–H groups in total. The van der Waals surface area contributed by atoms with Gasteiger partial charge in [-0.25, -0.2) is 4.98 Å². The lowest BCUT2D eigenvalue weighted by atomic mass is 9.96. The van der Waals surface area contributed by atoms with Crippen molar-refractivity contribution >= 4 is 17.5 Å². The third kappa shape index (κ3) is 3.43. The van der Waals surface area contributed by atoms with Crippen molar-refractivity contribution in [2.45, 2.75) is 25.7 Å². The second-order valence-electron chi connectivity index (χ2n) is 5.91. The Hall–Kier alpha value is -2.34. The van der Waals surface area contributed by atoms with Crippen molar-refractivity contribution in [3.8, 4) is 5.75 Å². The summed E-state index contributed by atoms with van der Waals surface area (Å²) in [6.45, 7) is 0.509. The molecule has 3 rings (SSSR count). The van der Waals surface area contributed by atoms with Crippen molar-refractivity contribution in [1.29, 1.82) is 0 Å². The molecule has 1 aliphatic carbocycles. The van der Waals surface area contributed by atoms with E-state index in [1.54, 1.807) is 7.11 Å². The number of fused-ring (bicyclic) bond motifs is 1. The maximum absolute atomic E-state index is 9.03. The van der Waals surface area contributed by atoms with E-state index in [0.29, 0.717) is 12.5 Å². The largest absolute Gasteiger partial charge is 0.497 e. The summed E-state index contributed by atoms with van der Waals surface area (Å²) in [5, 5.41) is 12.1. The first kappa shape index (κ1) is 16.5. The van der Waals surface area contributed by atoms with Gasteiger partial charge in [0.25, 0.3) is 0 Å². The van der Waals surface area contributed by atoms with Gasteiger partial charge in [0.05, 0.1) is 19.4 Å². The first-order valence-electron chi connectivity index (χ1n) is 8.35. The van der Waals surface area contributed by atoms with Crippen LogP contribution in [0, 0.1) is 0 Å². The van der Waals surface area contributed by atoms with Crippen LogP contribution in [0.2, 0.25) is 0 Å². The number of methoxy groups -OCH3 is 1. The van der Waals surface area contributed by atoms with Crippen molar-refractivity contribution in [2.75, 3.05) is 37.5 Å². The first-order valence-corrected chi connectivity index (χ1v) is 8.35. The smallest absolute Gasteiger partial charge is 0.224 e. The van der Waals surface area contributed by atoms with Gasteiger partial charge >= 0.3 is 0 Å². The van der Waals surface area contributed by atoms with Gasteiger partial charge in [-0.1, -0.05) is 0 Å². The number of aliphatic hydroxyl groups is 1. The Labute approximate surface area is 142 Å². The average molecular weight is 328 g/mol. The summed E-state index contributed by atoms with van der Waals surface area (Å²) in [7, 11) is 3.69. The van der Waals surface area contributed by atoms with Crippen molar-refractivity contribution in [3.63, 3.8) is 0 Å². The van der Waals surface area contributed by atoms with Crippen LogP contribution < -0.4 is 15.0 Å². The maximum Gasteiger partial charge on any atom is 0.224 e. The van der Waals surface area contributed by atoms with Gasteiger partial charge in [-0.15, -0.1) is 0 Å². The zero-order valence-electron chi connectivity index (χ0n) is 14.2.